The molecular weight excluding hydrogens is 464 g/mol. The van der Waals surface area contributed by atoms with Crippen LogP contribution in [0.5, 0.6) is 0 Å². The molecule has 1 amide bonds. The lowest BCUT2D eigenvalue weighted by atomic mass is 9.74. The third kappa shape index (κ3) is 4.06. The molecule has 5 rings (SSSR count). The van der Waals surface area contributed by atoms with Gasteiger partial charge in [-0.2, -0.15) is 4.98 Å². The van der Waals surface area contributed by atoms with Crippen molar-refractivity contribution in [2.45, 2.75) is 64.5 Å². The van der Waals surface area contributed by atoms with E-state index in [2.05, 4.69) is 30.9 Å². The number of pyridine rings is 1. The van der Waals surface area contributed by atoms with E-state index in [9.17, 15) is 9.90 Å². The van der Waals surface area contributed by atoms with E-state index in [1.807, 2.05) is 36.1 Å². The molecule has 0 radical (unpaired) electrons. The molecule has 1 aromatic carbocycles. The summed E-state index contributed by atoms with van der Waals surface area (Å²) in [5, 5.41) is 17.3. The van der Waals surface area contributed by atoms with Crippen molar-refractivity contribution in [1.82, 2.24) is 20.1 Å². The van der Waals surface area contributed by atoms with Crippen molar-refractivity contribution in [2.75, 3.05) is 4.90 Å². The molecule has 0 saturated heterocycles. The molecule has 0 bridgehead atoms. The highest BCUT2D eigenvalue weighted by Crippen LogP contribution is 2.46. The number of hydrogen-bond donors (Lipinski definition) is 2. The Bertz CT molecular complexity index is 1430. The van der Waals surface area contributed by atoms with Crippen LogP contribution in [-0.4, -0.2) is 42.8 Å². The maximum Gasteiger partial charge on any atom is 0.249 e. The number of carbonyl (C=O) groups excluding carboxylic acids is 1. The van der Waals surface area contributed by atoms with Crippen molar-refractivity contribution >= 4 is 39.0 Å². The van der Waals surface area contributed by atoms with Crippen molar-refractivity contribution in [3.05, 3.63) is 46.9 Å². The van der Waals surface area contributed by atoms with Gasteiger partial charge in [-0.15, -0.1) is 11.3 Å². The molecule has 0 atom stereocenters. The summed E-state index contributed by atoms with van der Waals surface area (Å²) < 4.78 is 5.17. The molecule has 35 heavy (non-hydrogen) atoms. The Balaban J connectivity index is 1.67. The van der Waals surface area contributed by atoms with Crippen molar-refractivity contribution in [3.8, 4) is 11.4 Å². The van der Waals surface area contributed by atoms with Crippen LogP contribution in [0.15, 0.2) is 35.0 Å². The summed E-state index contributed by atoms with van der Waals surface area (Å²) >= 11 is 1.61. The third-order valence-corrected chi connectivity index (χ3v) is 7.98. The number of amides is 1. The molecule has 10 heteroatoms. The highest BCUT2D eigenvalue weighted by Gasteiger charge is 2.51. The number of rotatable bonds is 5. The molecule has 182 valence electrons. The maximum atomic E-state index is 11.9. The lowest BCUT2D eigenvalue weighted by Crippen LogP contribution is -2.60. The van der Waals surface area contributed by atoms with Crippen LogP contribution in [-0.2, 0) is 10.2 Å². The highest BCUT2D eigenvalue weighted by molar-refractivity contribution is 7.16. The topological polar surface area (TPSA) is 131 Å². The van der Waals surface area contributed by atoms with Gasteiger partial charge in [-0.1, -0.05) is 38.1 Å². The summed E-state index contributed by atoms with van der Waals surface area (Å²) in [4.78, 5) is 29.1. The van der Waals surface area contributed by atoms with Gasteiger partial charge in [-0.3, -0.25) is 9.69 Å². The predicted octanol–water partition coefficient (Wildman–Crippen LogP) is 4.17. The molecule has 4 aromatic rings. The van der Waals surface area contributed by atoms with Crippen LogP contribution in [0, 0.1) is 13.8 Å². The van der Waals surface area contributed by atoms with E-state index >= 15 is 0 Å². The minimum Gasteiger partial charge on any atom is -0.380 e. The quantitative estimate of drug-likeness (QED) is 0.424. The molecule has 3 heterocycles. The van der Waals surface area contributed by atoms with Crippen LogP contribution in [0.25, 0.3) is 22.2 Å². The van der Waals surface area contributed by atoms with E-state index in [4.69, 9.17) is 20.2 Å². The summed E-state index contributed by atoms with van der Waals surface area (Å²) in [6, 6.07) is 7.67. The molecule has 3 N–H and O–H groups in total. The second kappa shape index (κ2) is 8.10. The SMILES string of the molecule is Cc1nc(-c2ccc3ccnc(N(c4nc(C)c(C(C)(C)C)s4)C4CC(O)(C(N)=O)C4)c3c2)no1. The molecule has 0 aliphatic heterocycles. The Morgan fingerprint density at radius 3 is 2.57 bits per heavy atom. The van der Waals surface area contributed by atoms with E-state index in [1.165, 1.54) is 4.88 Å². The van der Waals surface area contributed by atoms with Gasteiger partial charge in [-0.25, -0.2) is 9.97 Å². The fraction of sp³-hybridized carbons (Fsp3) is 0.400. The Labute approximate surface area is 207 Å². The van der Waals surface area contributed by atoms with Gasteiger partial charge in [0.25, 0.3) is 0 Å². The van der Waals surface area contributed by atoms with Crippen LogP contribution < -0.4 is 10.6 Å². The van der Waals surface area contributed by atoms with Crippen LogP contribution in [0.4, 0.5) is 10.9 Å². The normalized spacial score (nSPS) is 20.1. The van der Waals surface area contributed by atoms with Crippen LogP contribution in [0.2, 0.25) is 0 Å². The summed E-state index contributed by atoms with van der Waals surface area (Å²) in [7, 11) is 0. The first-order valence-corrected chi connectivity index (χ1v) is 12.3. The maximum absolute atomic E-state index is 11.9. The zero-order chi connectivity index (χ0) is 25.1. The summed E-state index contributed by atoms with van der Waals surface area (Å²) in [5.74, 6) is 0.967. The summed E-state index contributed by atoms with van der Waals surface area (Å²) in [6.45, 7) is 10.2. The van der Waals surface area contributed by atoms with Crippen molar-refractivity contribution in [1.29, 1.82) is 0 Å². The lowest BCUT2D eigenvalue weighted by molar-refractivity contribution is -0.146. The summed E-state index contributed by atoms with van der Waals surface area (Å²) in [5.41, 5.74) is 5.63. The van der Waals surface area contributed by atoms with Gasteiger partial charge in [0.05, 0.1) is 5.69 Å². The minimum absolute atomic E-state index is 0.0743. The molecule has 1 saturated carbocycles. The number of aryl methyl sites for hydroxylation is 2. The lowest BCUT2D eigenvalue weighted by Gasteiger charge is -2.46. The Kier molecular flexibility index (Phi) is 5.41. The van der Waals surface area contributed by atoms with Crippen molar-refractivity contribution < 1.29 is 14.4 Å². The highest BCUT2D eigenvalue weighted by atomic mass is 32.1. The smallest absolute Gasteiger partial charge is 0.249 e. The number of carbonyl (C=O) groups is 1. The molecule has 0 unspecified atom stereocenters. The van der Waals surface area contributed by atoms with E-state index in [0.717, 1.165) is 27.2 Å². The molecule has 3 aromatic heterocycles. The number of aliphatic hydroxyl groups is 1. The van der Waals surface area contributed by atoms with Crippen molar-refractivity contribution in [3.63, 3.8) is 0 Å². The Morgan fingerprint density at radius 1 is 1.23 bits per heavy atom. The van der Waals surface area contributed by atoms with Gasteiger partial charge >= 0.3 is 0 Å². The zero-order valence-electron chi connectivity index (χ0n) is 20.4. The van der Waals surface area contributed by atoms with Gasteiger partial charge in [0.15, 0.2) is 5.13 Å². The summed E-state index contributed by atoms with van der Waals surface area (Å²) in [6.07, 6.45) is 2.16. The first kappa shape index (κ1) is 23.4. The largest absolute Gasteiger partial charge is 0.380 e. The number of aromatic nitrogens is 4. The number of hydrogen-bond acceptors (Lipinski definition) is 9. The van der Waals surface area contributed by atoms with E-state index < -0.39 is 11.5 Å². The molecule has 1 fully saturated rings. The number of primary amides is 1. The number of anilines is 2. The third-order valence-electron chi connectivity index (χ3n) is 6.40. The second-order valence-corrected chi connectivity index (χ2v) is 11.2. The number of thiazole rings is 1. The average molecular weight is 493 g/mol. The van der Waals surface area contributed by atoms with Gasteiger partial charge in [0.2, 0.25) is 17.6 Å². The monoisotopic (exact) mass is 492 g/mol. The van der Waals surface area contributed by atoms with Crippen LogP contribution in [0.3, 0.4) is 0 Å². The zero-order valence-corrected chi connectivity index (χ0v) is 21.2. The van der Waals surface area contributed by atoms with Crippen molar-refractivity contribution in [2.24, 2.45) is 5.73 Å². The van der Waals surface area contributed by atoms with E-state index in [-0.39, 0.29) is 24.3 Å². The van der Waals surface area contributed by atoms with Gasteiger partial charge in [0, 0.05) is 47.8 Å². The molecule has 0 spiro atoms. The van der Waals surface area contributed by atoms with E-state index in [1.54, 1.807) is 24.5 Å². The first-order chi connectivity index (χ1) is 16.5. The van der Waals surface area contributed by atoms with Gasteiger partial charge in [-0.05, 0) is 29.9 Å². The first-order valence-electron chi connectivity index (χ1n) is 11.5. The fourth-order valence-corrected chi connectivity index (χ4v) is 5.80. The van der Waals surface area contributed by atoms with Gasteiger partial charge < -0.3 is 15.4 Å². The number of fused-ring (bicyclic) bond motifs is 1. The minimum atomic E-state index is -1.53. The molecule has 1 aliphatic carbocycles. The molecule has 1 aliphatic rings. The predicted molar refractivity (Wildman–Crippen MR) is 135 cm³/mol. The number of benzene rings is 1. The molecular formula is C25H28N6O3S. The average Bonchev–Trinajstić information content (AvgIpc) is 3.38. The second-order valence-electron chi connectivity index (χ2n) is 10.2. The number of nitrogens with zero attached hydrogens (tertiary/aromatic N) is 5. The number of nitrogens with two attached hydrogens (primary N) is 1. The van der Waals surface area contributed by atoms with Gasteiger partial charge in [0.1, 0.15) is 11.4 Å². The Morgan fingerprint density at radius 2 is 1.97 bits per heavy atom. The Hall–Kier alpha value is -3.37. The van der Waals surface area contributed by atoms with Crippen LogP contribution >= 0.6 is 11.3 Å². The van der Waals surface area contributed by atoms with E-state index in [0.29, 0.717) is 17.5 Å². The standard InChI is InChI=1S/C25H28N6O3S/c1-13-19(24(3,4)5)35-23(28-13)31(17-11-25(33,12-17)22(26)32)21-18-10-16(20-29-14(2)34-30-20)7-6-15(18)8-9-27-21/h6-10,17,33H,11-12H2,1-5H3,(H2,26,32). The van der Waals surface area contributed by atoms with Crippen LogP contribution in [0.1, 0.15) is 50.1 Å². The fourth-order valence-electron chi connectivity index (χ4n) is 4.60. The molecule has 9 nitrogen and oxygen atoms in total.